The van der Waals surface area contributed by atoms with E-state index in [9.17, 15) is 8.78 Å². The lowest BCUT2D eigenvalue weighted by Crippen LogP contribution is -2.38. The fourth-order valence-corrected chi connectivity index (χ4v) is 1.72. The van der Waals surface area contributed by atoms with E-state index in [0.717, 1.165) is 19.0 Å². The SMILES string of the molecule is CC(CCc1cc(F)ccc1F)CNC(C)(C)C. The number of benzene rings is 1. The summed E-state index contributed by atoms with van der Waals surface area (Å²) in [7, 11) is 0. The van der Waals surface area contributed by atoms with Crippen LogP contribution in [0.2, 0.25) is 0 Å². The molecule has 1 aromatic carbocycles. The van der Waals surface area contributed by atoms with E-state index in [4.69, 9.17) is 0 Å². The number of rotatable bonds is 5. The molecule has 1 rings (SSSR count). The minimum atomic E-state index is -0.369. The highest BCUT2D eigenvalue weighted by atomic mass is 19.1. The Morgan fingerprint density at radius 2 is 1.89 bits per heavy atom. The molecule has 0 spiro atoms. The predicted octanol–water partition coefficient (Wildman–Crippen LogP) is 3.92. The third-order valence-electron chi connectivity index (χ3n) is 2.90. The smallest absolute Gasteiger partial charge is 0.126 e. The maximum atomic E-state index is 13.4. The first-order chi connectivity index (χ1) is 8.28. The molecule has 1 aromatic rings. The molecule has 0 aliphatic carbocycles. The lowest BCUT2D eigenvalue weighted by atomic mass is 9.99. The normalized spacial score (nSPS) is 13.7. The van der Waals surface area contributed by atoms with Crippen LogP contribution in [-0.2, 0) is 6.42 Å². The monoisotopic (exact) mass is 255 g/mol. The largest absolute Gasteiger partial charge is 0.312 e. The number of aryl methyl sites for hydroxylation is 1. The molecule has 0 fully saturated rings. The van der Waals surface area contributed by atoms with Crippen LogP contribution in [0.5, 0.6) is 0 Å². The first-order valence-corrected chi connectivity index (χ1v) is 6.47. The molecule has 3 heteroatoms. The van der Waals surface area contributed by atoms with Crippen LogP contribution in [0.25, 0.3) is 0 Å². The fraction of sp³-hybridized carbons (Fsp3) is 0.600. The fourth-order valence-electron chi connectivity index (χ4n) is 1.72. The van der Waals surface area contributed by atoms with Crippen LogP contribution in [0.4, 0.5) is 8.78 Å². The van der Waals surface area contributed by atoms with Gasteiger partial charge in [-0.25, -0.2) is 8.78 Å². The van der Waals surface area contributed by atoms with Gasteiger partial charge in [-0.2, -0.15) is 0 Å². The Kier molecular flexibility index (Phi) is 5.27. The molecule has 0 radical (unpaired) electrons. The Balaban J connectivity index is 2.42. The first kappa shape index (κ1) is 15.1. The van der Waals surface area contributed by atoms with Gasteiger partial charge in [0.05, 0.1) is 0 Å². The highest BCUT2D eigenvalue weighted by molar-refractivity contribution is 5.18. The zero-order valence-electron chi connectivity index (χ0n) is 11.7. The van der Waals surface area contributed by atoms with E-state index in [2.05, 4.69) is 33.0 Å². The Bertz CT molecular complexity index is 383. The minimum Gasteiger partial charge on any atom is -0.312 e. The third-order valence-corrected chi connectivity index (χ3v) is 2.90. The summed E-state index contributed by atoms with van der Waals surface area (Å²) < 4.78 is 26.4. The van der Waals surface area contributed by atoms with Crippen LogP contribution in [0.15, 0.2) is 18.2 Å². The van der Waals surface area contributed by atoms with E-state index in [1.807, 2.05) is 0 Å². The van der Waals surface area contributed by atoms with Gasteiger partial charge in [0, 0.05) is 5.54 Å². The Morgan fingerprint density at radius 3 is 2.50 bits per heavy atom. The van der Waals surface area contributed by atoms with E-state index < -0.39 is 0 Å². The van der Waals surface area contributed by atoms with E-state index in [1.54, 1.807) is 0 Å². The number of hydrogen-bond donors (Lipinski definition) is 1. The first-order valence-electron chi connectivity index (χ1n) is 6.47. The van der Waals surface area contributed by atoms with Gasteiger partial charge in [-0.05, 0) is 69.8 Å². The van der Waals surface area contributed by atoms with E-state index in [-0.39, 0.29) is 17.2 Å². The lowest BCUT2D eigenvalue weighted by molar-refractivity contribution is 0.371. The van der Waals surface area contributed by atoms with Gasteiger partial charge in [0.15, 0.2) is 0 Å². The summed E-state index contributed by atoms with van der Waals surface area (Å²) in [6.45, 7) is 9.36. The highest BCUT2D eigenvalue weighted by Crippen LogP contribution is 2.15. The predicted molar refractivity (Wildman–Crippen MR) is 71.6 cm³/mol. The average Bonchev–Trinajstić information content (AvgIpc) is 2.26. The molecule has 1 unspecified atom stereocenters. The summed E-state index contributed by atoms with van der Waals surface area (Å²) >= 11 is 0. The zero-order chi connectivity index (χ0) is 13.8. The van der Waals surface area contributed by atoms with Gasteiger partial charge >= 0.3 is 0 Å². The Morgan fingerprint density at radius 1 is 1.22 bits per heavy atom. The van der Waals surface area contributed by atoms with Crippen molar-refractivity contribution in [1.82, 2.24) is 5.32 Å². The van der Waals surface area contributed by atoms with E-state index >= 15 is 0 Å². The quantitative estimate of drug-likeness (QED) is 0.841. The van der Waals surface area contributed by atoms with Crippen molar-refractivity contribution in [2.45, 2.75) is 46.1 Å². The molecule has 1 N–H and O–H groups in total. The molecule has 1 atom stereocenters. The highest BCUT2D eigenvalue weighted by Gasteiger charge is 2.12. The van der Waals surface area contributed by atoms with Crippen molar-refractivity contribution < 1.29 is 8.78 Å². The van der Waals surface area contributed by atoms with Crippen molar-refractivity contribution in [2.75, 3.05) is 6.54 Å². The van der Waals surface area contributed by atoms with Crippen molar-refractivity contribution in [3.63, 3.8) is 0 Å². The molecular weight excluding hydrogens is 232 g/mol. The summed E-state index contributed by atoms with van der Waals surface area (Å²) in [6, 6.07) is 3.64. The van der Waals surface area contributed by atoms with Crippen LogP contribution in [-0.4, -0.2) is 12.1 Å². The molecule has 0 saturated heterocycles. The lowest BCUT2D eigenvalue weighted by Gasteiger charge is -2.23. The maximum Gasteiger partial charge on any atom is 0.126 e. The standard InChI is InChI=1S/C15H23F2N/c1-11(10-18-15(2,3)4)5-6-12-9-13(16)7-8-14(12)17/h7-9,11,18H,5-6,10H2,1-4H3. The van der Waals surface area contributed by atoms with Crippen LogP contribution in [0.3, 0.4) is 0 Å². The van der Waals surface area contributed by atoms with Gasteiger partial charge in [0.2, 0.25) is 0 Å². The maximum absolute atomic E-state index is 13.4. The van der Waals surface area contributed by atoms with Gasteiger partial charge < -0.3 is 5.32 Å². The molecule has 0 bridgehead atoms. The van der Waals surface area contributed by atoms with Crippen LogP contribution < -0.4 is 5.32 Å². The van der Waals surface area contributed by atoms with E-state index in [1.165, 1.54) is 12.1 Å². The number of nitrogens with one attached hydrogen (secondary N) is 1. The Hall–Kier alpha value is -0.960. The second kappa shape index (κ2) is 6.28. The van der Waals surface area contributed by atoms with Crippen LogP contribution >= 0.6 is 0 Å². The van der Waals surface area contributed by atoms with Crippen molar-refractivity contribution in [1.29, 1.82) is 0 Å². The summed E-state index contributed by atoms with van der Waals surface area (Å²) in [4.78, 5) is 0. The molecular formula is C15H23F2N. The second-order valence-electron chi connectivity index (χ2n) is 6.01. The molecule has 0 aliphatic heterocycles. The zero-order valence-corrected chi connectivity index (χ0v) is 11.7. The molecule has 1 nitrogen and oxygen atoms in total. The van der Waals surface area contributed by atoms with Gasteiger partial charge in [0.1, 0.15) is 11.6 Å². The van der Waals surface area contributed by atoms with Gasteiger partial charge in [-0.15, -0.1) is 0 Å². The van der Waals surface area contributed by atoms with E-state index in [0.29, 0.717) is 17.9 Å². The number of hydrogen-bond acceptors (Lipinski definition) is 1. The van der Waals surface area contributed by atoms with Crippen LogP contribution in [0, 0.1) is 17.6 Å². The summed E-state index contributed by atoms with van der Waals surface area (Å²) in [5.41, 5.74) is 0.566. The van der Waals surface area contributed by atoms with Crippen molar-refractivity contribution >= 4 is 0 Å². The molecule has 0 heterocycles. The second-order valence-corrected chi connectivity index (χ2v) is 6.01. The van der Waals surface area contributed by atoms with Crippen molar-refractivity contribution in [3.8, 4) is 0 Å². The van der Waals surface area contributed by atoms with Crippen LogP contribution in [0.1, 0.15) is 39.7 Å². The molecule has 0 aliphatic rings. The van der Waals surface area contributed by atoms with Crippen molar-refractivity contribution in [2.24, 2.45) is 5.92 Å². The van der Waals surface area contributed by atoms with Crippen molar-refractivity contribution in [3.05, 3.63) is 35.4 Å². The molecule has 102 valence electrons. The molecule has 0 amide bonds. The average molecular weight is 255 g/mol. The summed E-state index contributed by atoms with van der Waals surface area (Å²) in [5.74, 6) is -0.244. The van der Waals surface area contributed by atoms with Gasteiger partial charge in [-0.1, -0.05) is 6.92 Å². The third kappa shape index (κ3) is 5.58. The summed E-state index contributed by atoms with van der Waals surface area (Å²) in [6.07, 6.45) is 1.43. The summed E-state index contributed by atoms with van der Waals surface area (Å²) in [5, 5.41) is 3.42. The van der Waals surface area contributed by atoms with Gasteiger partial charge in [-0.3, -0.25) is 0 Å². The number of halogens is 2. The molecule has 18 heavy (non-hydrogen) atoms. The molecule has 0 saturated carbocycles. The topological polar surface area (TPSA) is 12.0 Å². The minimum absolute atomic E-state index is 0.0956. The van der Waals surface area contributed by atoms with Gasteiger partial charge in [0.25, 0.3) is 0 Å². The Labute approximate surface area is 109 Å². The molecule has 0 aromatic heterocycles.